The lowest BCUT2D eigenvalue weighted by atomic mass is 9.99. The molecule has 2 heterocycles. The molecule has 26 heavy (non-hydrogen) atoms. The van der Waals surface area contributed by atoms with E-state index in [1.807, 2.05) is 24.1 Å². The van der Waals surface area contributed by atoms with Crippen LogP contribution in [0.4, 0.5) is 10.1 Å². The largest absolute Gasteiger partial charge is 0.372 e. The van der Waals surface area contributed by atoms with Crippen LogP contribution in [0.2, 0.25) is 0 Å². The van der Waals surface area contributed by atoms with Crippen molar-refractivity contribution in [2.45, 2.75) is 31.3 Å². The molecule has 0 spiro atoms. The normalized spacial score (nSPS) is 19.7. The van der Waals surface area contributed by atoms with E-state index in [1.165, 1.54) is 16.8 Å². The highest BCUT2D eigenvalue weighted by Crippen LogP contribution is 2.25. The molecule has 1 aliphatic rings. The number of hydrazine groups is 1. The number of hydrogen-bond acceptors (Lipinski definition) is 5. The summed E-state index contributed by atoms with van der Waals surface area (Å²) in [6.45, 7) is 0.826. The molecule has 0 saturated carbocycles. The van der Waals surface area contributed by atoms with Crippen molar-refractivity contribution in [3.05, 3.63) is 56.7 Å². The van der Waals surface area contributed by atoms with Crippen LogP contribution >= 0.6 is 15.9 Å². The molecule has 1 fully saturated rings. The van der Waals surface area contributed by atoms with Crippen LogP contribution in [0.15, 0.2) is 39.7 Å². The number of aromatic nitrogens is 2. The Balaban J connectivity index is 1.49. The molecule has 2 unspecified atom stereocenters. The van der Waals surface area contributed by atoms with E-state index in [0.29, 0.717) is 10.5 Å². The fourth-order valence-electron chi connectivity index (χ4n) is 3.19. The maximum Gasteiger partial charge on any atom is 0.282 e. The molecule has 2 atom stereocenters. The van der Waals surface area contributed by atoms with Crippen molar-refractivity contribution >= 4 is 21.6 Å². The molecule has 1 aromatic carbocycles. The molecule has 1 saturated heterocycles. The fraction of sp³-hybridized carbons (Fsp3) is 0.444. The van der Waals surface area contributed by atoms with Gasteiger partial charge in [-0.25, -0.2) is 9.07 Å². The van der Waals surface area contributed by atoms with Crippen LogP contribution in [-0.4, -0.2) is 29.4 Å². The van der Waals surface area contributed by atoms with E-state index in [0.717, 1.165) is 37.1 Å². The Morgan fingerprint density at radius 3 is 2.81 bits per heavy atom. The first-order valence-electron chi connectivity index (χ1n) is 8.65. The summed E-state index contributed by atoms with van der Waals surface area (Å²) in [5.41, 5.74) is 8.36. The number of nitrogens with one attached hydrogen (secondary N) is 2. The van der Waals surface area contributed by atoms with Crippen molar-refractivity contribution in [1.29, 1.82) is 0 Å². The molecule has 2 aromatic rings. The van der Waals surface area contributed by atoms with E-state index in [4.69, 9.17) is 0 Å². The molecule has 3 rings (SSSR count). The number of aryl methyl sites for hydroxylation is 1. The van der Waals surface area contributed by atoms with Crippen molar-refractivity contribution in [1.82, 2.24) is 20.6 Å². The standard InChI is InChI=1S/C18H23BrFN5O/c1-24(16-11-21-25(2)18(26)17(16)19)9-3-4-14-10-15(23-22-14)12-5-7-13(20)8-6-12/h5-8,11,14-15,22-23H,3-4,9-10H2,1-2H3. The molecule has 0 bridgehead atoms. The third-order valence-corrected chi connectivity index (χ3v) is 5.52. The van der Waals surface area contributed by atoms with E-state index in [-0.39, 0.29) is 17.4 Å². The lowest BCUT2D eigenvalue weighted by Crippen LogP contribution is -2.32. The average molecular weight is 424 g/mol. The van der Waals surface area contributed by atoms with Gasteiger partial charge in [-0.1, -0.05) is 12.1 Å². The van der Waals surface area contributed by atoms with Crippen molar-refractivity contribution in [2.24, 2.45) is 7.05 Å². The van der Waals surface area contributed by atoms with Gasteiger partial charge in [0.1, 0.15) is 10.3 Å². The smallest absolute Gasteiger partial charge is 0.282 e. The van der Waals surface area contributed by atoms with Gasteiger partial charge in [0.05, 0.1) is 11.9 Å². The summed E-state index contributed by atoms with van der Waals surface area (Å²) in [7, 11) is 3.59. The minimum Gasteiger partial charge on any atom is -0.372 e. The molecule has 140 valence electrons. The highest BCUT2D eigenvalue weighted by molar-refractivity contribution is 9.10. The summed E-state index contributed by atoms with van der Waals surface area (Å²) < 4.78 is 14.9. The van der Waals surface area contributed by atoms with Gasteiger partial charge in [-0.3, -0.25) is 15.6 Å². The maximum absolute atomic E-state index is 13.0. The minimum atomic E-state index is -0.212. The second kappa shape index (κ2) is 8.28. The zero-order chi connectivity index (χ0) is 18.7. The van der Waals surface area contributed by atoms with Gasteiger partial charge in [-0.15, -0.1) is 0 Å². The Labute approximate surface area is 160 Å². The number of halogens is 2. The third-order valence-electron chi connectivity index (χ3n) is 4.77. The lowest BCUT2D eigenvalue weighted by Gasteiger charge is -2.21. The summed E-state index contributed by atoms with van der Waals surface area (Å²) in [5.74, 6) is -0.212. The van der Waals surface area contributed by atoms with Gasteiger partial charge in [0.2, 0.25) is 0 Å². The molecular weight excluding hydrogens is 401 g/mol. The van der Waals surface area contributed by atoms with E-state index in [1.54, 1.807) is 13.2 Å². The van der Waals surface area contributed by atoms with Gasteiger partial charge in [0.15, 0.2) is 0 Å². The van der Waals surface area contributed by atoms with E-state index >= 15 is 0 Å². The van der Waals surface area contributed by atoms with Crippen LogP contribution < -0.4 is 21.3 Å². The third kappa shape index (κ3) is 4.31. The van der Waals surface area contributed by atoms with Crippen molar-refractivity contribution in [3.63, 3.8) is 0 Å². The van der Waals surface area contributed by atoms with Gasteiger partial charge < -0.3 is 4.90 Å². The van der Waals surface area contributed by atoms with E-state index < -0.39 is 0 Å². The van der Waals surface area contributed by atoms with Gasteiger partial charge in [0.25, 0.3) is 5.56 Å². The number of anilines is 1. The number of nitrogens with zero attached hydrogens (tertiary/aromatic N) is 3. The number of rotatable bonds is 6. The minimum absolute atomic E-state index is 0.141. The second-order valence-electron chi connectivity index (χ2n) is 6.66. The Hall–Kier alpha value is -1.77. The molecule has 0 amide bonds. The fourth-order valence-corrected chi connectivity index (χ4v) is 3.85. The van der Waals surface area contributed by atoms with Crippen LogP contribution in [0.1, 0.15) is 30.9 Å². The average Bonchev–Trinajstić information content (AvgIpc) is 3.09. The first-order chi connectivity index (χ1) is 12.5. The molecule has 0 radical (unpaired) electrons. The lowest BCUT2D eigenvalue weighted by molar-refractivity contribution is 0.502. The monoisotopic (exact) mass is 423 g/mol. The zero-order valence-electron chi connectivity index (χ0n) is 14.9. The summed E-state index contributed by atoms with van der Waals surface area (Å²) in [4.78, 5) is 14.0. The second-order valence-corrected chi connectivity index (χ2v) is 7.45. The Kier molecular flexibility index (Phi) is 6.05. The SMILES string of the molecule is CN(CCCC1CC(c2ccc(F)cc2)NN1)c1cnn(C)c(=O)c1Br. The number of benzene rings is 1. The van der Waals surface area contributed by atoms with Gasteiger partial charge in [0, 0.05) is 32.7 Å². The summed E-state index contributed by atoms with van der Waals surface area (Å²) in [6, 6.07) is 7.21. The highest BCUT2D eigenvalue weighted by Gasteiger charge is 2.24. The van der Waals surface area contributed by atoms with Crippen LogP contribution in [0.25, 0.3) is 0 Å². The van der Waals surface area contributed by atoms with Crippen molar-refractivity contribution < 1.29 is 4.39 Å². The topological polar surface area (TPSA) is 62.2 Å². The predicted octanol–water partition coefficient (Wildman–Crippen LogP) is 2.51. The van der Waals surface area contributed by atoms with Crippen LogP contribution in [0.5, 0.6) is 0 Å². The molecule has 8 heteroatoms. The van der Waals surface area contributed by atoms with E-state index in [9.17, 15) is 9.18 Å². The Morgan fingerprint density at radius 1 is 1.35 bits per heavy atom. The molecular formula is C18H23BrFN5O. The van der Waals surface area contributed by atoms with Gasteiger partial charge in [-0.2, -0.15) is 5.10 Å². The Morgan fingerprint density at radius 2 is 2.08 bits per heavy atom. The summed E-state index contributed by atoms with van der Waals surface area (Å²) >= 11 is 3.36. The van der Waals surface area contributed by atoms with Gasteiger partial charge in [-0.05, 0) is 52.9 Å². The predicted molar refractivity (Wildman–Crippen MR) is 103 cm³/mol. The molecule has 1 aromatic heterocycles. The van der Waals surface area contributed by atoms with Crippen LogP contribution in [-0.2, 0) is 7.05 Å². The quantitative estimate of drug-likeness (QED) is 0.747. The zero-order valence-corrected chi connectivity index (χ0v) is 16.5. The molecule has 1 aliphatic heterocycles. The Bertz CT molecular complexity index is 810. The molecule has 0 aliphatic carbocycles. The summed E-state index contributed by atoms with van der Waals surface area (Å²) in [5, 5.41) is 4.08. The summed E-state index contributed by atoms with van der Waals surface area (Å²) in [6.07, 6.45) is 4.65. The van der Waals surface area contributed by atoms with Crippen LogP contribution in [0, 0.1) is 5.82 Å². The highest BCUT2D eigenvalue weighted by atomic mass is 79.9. The van der Waals surface area contributed by atoms with Crippen molar-refractivity contribution in [3.8, 4) is 0 Å². The van der Waals surface area contributed by atoms with Gasteiger partial charge >= 0.3 is 0 Å². The maximum atomic E-state index is 13.0. The molecule has 2 N–H and O–H groups in total. The first-order valence-corrected chi connectivity index (χ1v) is 9.44. The molecule has 6 nitrogen and oxygen atoms in total. The van der Waals surface area contributed by atoms with Crippen LogP contribution in [0.3, 0.4) is 0 Å². The number of hydrogen-bond donors (Lipinski definition) is 2. The van der Waals surface area contributed by atoms with E-state index in [2.05, 4.69) is 31.9 Å². The first kappa shape index (κ1) is 19.0. The van der Waals surface area contributed by atoms with Crippen molar-refractivity contribution in [2.75, 3.05) is 18.5 Å².